The quantitative estimate of drug-likeness (QED) is 0.893. The molecule has 0 radical (unpaired) electrons. The van der Waals surface area contributed by atoms with Gasteiger partial charge < -0.3 is 14.6 Å². The average molecular weight is 248 g/mol. The van der Waals surface area contributed by atoms with Crippen molar-refractivity contribution >= 4 is 0 Å². The third kappa shape index (κ3) is 2.19. The number of aliphatic hydroxyl groups is 1. The second-order valence-corrected chi connectivity index (χ2v) is 5.82. The second kappa shape index (κ2) is 4.16. The minimum Gasteiger partial charge on any atom is -0.497 e. The number of rotatable bonds is 3. The van der Waals surface area contributed by atoms with Crippen LogP contribution in [0.5, 0.6) is 11.5 Å². The fourth-order valence-corrected chi connectivity index (χ4v) is 2.89. The van der Waals surface area contributed by atoms with Crippen LogP contribution < -0.4 is 9.47 Å². The Hall–Kier alpha value is -1.22. The van der Waals surface area contributed by atoms with E-state index in [1.165, 1.54) is 12.8 Å². The topological polar surface area (TPSA) is 38.7 Å². The highest BCUT2D eigenvalue weighted by Gasteiger charge is 2.40. The summed E-state index contributed by atoms with van der Waals surface area (Å²) in [6, 6.07) is 5.66. The van der Waals surface area contributed by atoms with Gasteiger partial charge in [-0.05, 0) is 37.5 Å². The van der Waals surface area contributed by atoms with E-state index in [2.05, 4.69) is 6.92 Å². The molecule has 1 N–H and O–H groups in total. The van der Waals surface area contributed by atoms with Gasteiger partial charge in [0.15, 0.2) is 0 Å². The van der Waals surface area contributed by atoms with Crippen molar-refractivity contribution in [2.45, 2.75) is 44.3 Å². The maximum absolute atomic E-state index is 10.3. The smallest absolute Gasteiger partial charge is 0.126 e. The van der Waals surface area contributed by atoms with E-state index in [1.54, 1.807) is 7.11 Å². The monoisotopic (exact) mass is 248 g/mol. The molecular formula is C15H20O3. The summed E-state index contributed by atoms with van der Waals surface area (Å²) in [5.74, 6) is 2.36. The predicted octanol–water partition coefficient (Wildman–Crippen LogP) is 3.07. The standard InChI is InChI=1S/C15H20O3/c1-15(8-10-3-4-10)9-13(16)12-7-11(17-2)5-6-14(12)18-15/h5-7,10,13,16H,3-4,8-9H2,1-2H3/t13-,15?/m1/s1. The van der Waals surface area contributed by atoms with Crippen LogP contribution in [0.3, 0.4) is 0 Å². The molecule has 0 spiro atoms. The molecule has 2 aliphatic rings. The Bertz CT molecular complexity index is 453. The number of aliphatic hydroxyl groups excluding tert-OH is 1. The van der Waals surface area contributed by atoms with Gasteiger partial charge in [-0.3, -0.25) is 0 Å². The molecule has 0 aromatic heterocycles. The summed E-state index contributed by atoms with van der Waals surface area (Å²) in [5.41, 5.74) is 0.630. The van der Waals surface area contributed by atoms with Crippen molar-refractivity contribution in [1.29, 1.82) is 0 Å². The number of hydrogen-bond acceptors (Lipinski definition) is 3. The lowest BCUT2D eigenvalue weighted by Gasteiger charge is -2.38. The van der Waals surface area contributed by atoms with Gasteiger partial charge >= 0.3 is 0 Å². The molecule has 3 nitrogen and oxygen atoms in total. The van der Waals surface area contributed by atoms with E-state index in [0.29, 0.717) is 6.42 Å². The van der Waals surface area contributed by atoms with Gasteiger partial charge in [0, 0.05) is 12.0 Å². The van der Waals surface area contributed by atoms with Crippen molar-refractivity contribution in [3.63, 3.8) is 0 Å². The van der Waals surface area contributed by atoms with Crippen LogP contribution in [0.15, 0.2) is 18.2 Å². The first kappa shape index (κ1) is 11.8. The van der Waals surface area contributed by atoms with Crippen molar-refractivity contribution in [3.05, 3.63) is 23.8 Å². The van der Waals surface area contributed by atoms with Gasteiger partial charge in [0.05, 0.1) is 13.2 Å². The molecule has 1 unspecified atom stereocenters. The summed E-state index contributed by atoms with van der Waals surface area (Å²) in [7, 11) is 1.63. The van der Waals surface area contributed by atoms with E-state index in [9.17, 15) is 5.11 Å². The minimum absolute atomic E-state index is 0.220. The Morgan fingerprint density at radius 3 is 2.89 bits per heavy atom. The first-order chi connectivity index (χ1) is 8.59. The number of benzene rings is 1. The van der Waals surface area contributed by atoms with Crippen LogP contribution >= 0.6 is 0 Å². The lowest BCUT2D eigenvalue weighted by molar-refractivity contribution is -0.0106. The number of ether oxygens (including phenoxy) is 2. The minimum atomic E-state index is -0.451. The average Bonchev–Trinajstić information content (AvgIpc) is 3.12. The largest absolute Gasteiger partial charge is 0.497 e. The van der Waals surface area contributed by atoms with Gasteiger partial charge in [-0.25, -0.2) is 0 Å². The van der Waals surface area contributed by atoms with Crippen LogP contribution in [0.25, 0.3) is 0 Å². The lowest BCUT2D eigenvalue weighted by atomic mass is 9.86. The van der Waals surface area contributed by atoms with Crippen LogP contribution in [0.1, 0.15) is 44.3 Å². The van der Waals surface area contributed by atoms with Gasteiger partial charge in [0.25, 0.3) is 0 Å². The van der Waals surface area contributed by atoms with E-state index in [1.807, 2.05) is 18.2 Å². The highest BCUT2D eigenvalue weighted by Crippen LogP contribution is 2.46. The molecule has 98 valence electrons. The number of methoxy groups -OCH3 is 1. The van der Waals surface area contributed by atoms with Gasteiger partial charge in [0.2, 0.25) is 0 Å². The van der Waals surface area contributed by atoms with Crippen LogP contribution in [0, 0.1) is 5.92 Å². The third-order valence-electron chi connectivity index (χ3n) is 3.97. The second-order valence-electron chi connectivity index (χ2n) is 5.82. The van der Waals surface area contributed by atoms with Crippen molar-refractivity contribution < 1.29 is 14.6 Å². The Morgan fingerprint density at radius 2 is 2.22 bits per heavy atom. The maximum atomic E-state index is 10.3. The summed E-state index contributed by atoms with van der Waals surface area (Å²) in [6.45, 7) is 2.11. The number of fused-ring (bicyclic) bond motifs is 1. The van der Waals surface area contributed by atoms with Crippen molar-refractivity contribution in [1.82, 2.24) is 0 Å². The highest BCUT2D eigenvalue weighted by molar-refractivity contribution is 5.43. The molecular weight excluding hydrogens is 228 g/mol. The molecule has 1 aromatic carbocycles. The third-order valence-corrected chi connectivity index (χ3v) is 3.97. The fraction of sp³-hybridized carbons (Fsp3) is 0.600. The Balaban J connectivity index is 1.87. The highest BCUT2D eigenvalue weighted by atomic mass is 16.5. The molecule has 2 atom stereocenters. The zero-order chi connectivity index (χ0) is 12.8. The molecule has 1 aliphatic heterocycles. The Kier molecular flexibility index (Phi) is 2.74. The zero-order valence-electron chi connectivity index (χ0n) is 11.0. The number of hydrogen-bond donors (Lipinski definition) is 1. The van der Waals surface area contributed by atoms with Crippen LogP contribution in [-0.4, -0.2) is 17.8 Å². The van der Waals surface area contributed by atoms with E-state index in [-0.39, 0.29) is 5.60 Å². The Labute approximate surface area is 108 Å². The molecule has 3 heteroatoms. The summed E-state index contributed by atoms with van der Waals surface area (Å²) >= 11 is 0. The van der Waals surface area contributed by atoms with E-state index in [4.69, 9.17) is 9.47 Å². The molecule has 3 rings (SSSR count). The van der Waals surface area contributed by atoms with Gasteiger partial charge in [-0.1, -0.05) is 12.8 Å². The lowest BCUT2D eigenvalue weighted by Crippen LogP contribution is -2.38. The molecule has 0 bridgehead atoms. The normalized spacial score (nSPS) is 30.5. The van der Waals surface area contributed by atoms with Crippen molar-refractivity contribution in [2.75, 3.05) is 7.11 Å². The van der Waals surface area contributed by atoms with Crippen LogP contribution in [0.2, 0.25) is 0 Å². The van der Waals surface area contributed by atoms with Gasteiger partial charge in [-0.2, -0.15) is 0 Å². The fourth-order valence-electron chi connectivity index (χ4n) is 2.89. The van der Waals surface area contributed by atoms with Crippen molar-refractivity contribution in [2.24, 2.45) is 5.92 Å². The SMILES string of the molecule is COc1ccc2c(c1)[C@H](O)CC(C)(CC1CC1)O2. The predicted molar refractivity (Wildman–Crippen MR) is 68.9 cm³/mol. The van der Waals surface area contributed by atoms with Crippen LogP contribution in [0.4, 0.5) is 0 Å². The molecule has 1 aliphatic carbocycles. The summed E-state index contributed by atoms with van der Waals surface area (Å²) in [5, 5.41) is 10.3. The van der Waals surface area contributed by atoms with Crippen molar-refractivity contribution in [3.8, 4) is 11.5 Å². The van der Waals surface area contributed by atoms with E-state index in [0.717, 1.165) is 29.4 Å². The first-order valence-corrected chi connectivity index (χ1v) is 6.65. The summed E-state index contributed by atoms with van der Waals surface area (Å²) in [4.78, 5) is 0. The zero-order valence-corrected chi connectivity index (χ0v) is 11.0. The Morgan fingerprint density at radius 1 is 1.44 bits per heavy atom. The van der Waals surface area contributed by atoms with Gasteiger partial charge in [0.1, 0.15) is 17.1 Å². The molecule has 1 heterocycles. The molecule has 1 fully saturated rings. The molecule has 18 heavy (non-hydrogen) atoms. The summed E-state index contributed by atoms with van der Waals surface area (Å²) in [6.07, 6.45) is 3.89. The molecule has 1 saturated carbocycles. The molecule has 0 amide bonds. The molecule has 1 aromatic rings. The van der Waals surface area contributed by atoms with Gasteiger partial charge in [-0.15, -0.1) is 0 Å². The maximum Gasteiger partial charge on any atom is 0.126 e. The van der Waals surface area contributed by atoms with Crippen LogP contribution in [-0.2, 0) is 0 Å². The molecule has 0 saturated heterocycles. The van der Waals surface area contributed by atoms with E-state index < -0.39 is 6.10 Å². The first-order valence-electron chi connectivity index (χ1n) is 6.65. The summed E-state index contributed by atoms with van der Waals surface area (Å²) < 4.78 is 11.3. The van der Waals surface area contributed by atoms with E-state index >= 15 is 0 Å².